The van der Waals surface area contributed by atoms with E-state index in [9.17, 15) is 9.18 Å². The summed E-state index contributed by atoms with van der Waals surface area (Å²) in [6.45, 7) is 2.28. The minimum absolute atomic E-state index is 0.227. The first-order chi connectivity index (χ1) is 10.1. The molecule has 0 aliphatic rings. The average molecular weight is 286 g/mol. The fourth-order valence-corrected chi connectivity index (χ4v) is 2.13. The van der Waals surface area contributed by atoms with Crippen LogP contribution in [-0.4, -0.2) is 18.0 Å². The Bertz CT molecular complexity index is 601. The van der Waals surface area contributed by atoms with E-state index >= 15 is 0 Å². The van der Waals surface area contributed by atoms with Gasteiger partial charge in [-0.1, -0.05) is 48.5 Å². The van der Waals surface area contributed by atoms with Crippen LogP contribution in [-0.2, 0) is 6.54 Å². The molecule has 110 valence electrons. The van der Waals surface area contributed by atoms with Gasteiger partial charge < -0.3 is 10.2 Å². The summed E-state index contributed by atoms with van der Waals surface area (Å²) in [6.07, 6.45) is 0. The van der Waals surface area contributed by atoms with Crippen LogP contribution >= 0.6 is 0 Å². The first kappa shape index (κ1) is 15.0. The number of nitrogens with one attached hydrogen (secondary N) is 1. The van der Waals surface area contributed by atoms with Crippen LogP contribution in [0.25, 0.3) is 0 Å². The van der Waals surface area contributed by atoms with E-state index in [-0.39, 0.29) is 17.9 Å². The normalized spacial score (nSPS) is 11.8. The zero-order valence-corrected chi connectivity index (χ0v) is 12.2. The molecule has 0 heterocycles. The van der Waals surface area contributed by atoms with Crippen molar-refractivity contribution in [2.24, 2.45) is 0 Å². The van der Waals surface area contributed by atoms with E-state index in [4.69, 9.17) is 0 Å². The molecular formula is C17H19FN2O. The molecule has 0 radical (unpaired) electrons. The predicted molar refractivity (Wildman–Crippen MR) is 81.3 cm³/mol. The van der Waals surface area contributed by atoms with Gasteiger partial charge in [0.25, 0.3) is 0 Å². The van der Waals surface area contributed by atoms with Gasteiger partial charge in [0.05, 0.1) is 6.04 Å². The molecule has 2 rings (SSSR count). The van der Waals surface area contributed by atoms with Crippen LogP contribution in [0.4, 0.5) is 9.18 Å². The van der Waals surface area contributed by atoms with E-state index in [1.807, 2.05) is 30.3 Å². The summed E-state index contributed by atoms with van der Waals surface area (Å²) in [7, 11) is 1.72. The second-order valence-corrected chi connectivity index (χ2v) is 5.03. The first-order valence-corrected chi connectivity index (χ1v) is 6.88. The van der Waals surface area contributed by atoms with Gasteiger partial charge in [-0.2, -0.15) is 0 Å². The van der Waals surface area contributed by atoms with Crippen molar-refractivity contribution in [1.82, 2.24) is 10.2 Å². The van der Waals surface area contributed by atoms with Gasteiger partial charge in [-0.05, 0) is 18.6 Å². The second-order valence-electron chi connectivity index (χ2n) is 5.03. The summed E-state index contributed by atoms with van der Waals surface area (Å²) < 4.78 is 13.7. The van der Waals surface area contributed by atoms with Gasteiger partial charge >= 0.3 is 6.03 Å². The molecule has 0 saturated heterocycles. The molecule has 0 aliphatic heterocycles. The van der Waals surface area contributed by atoms with Gasteiger partial charge in [-0.25, -0.2) is 9.18 Å². The molecule has 0 saturated carbocycles. The summed E-state index contributed by atoms with van der Waals surface area (Å²) in [5.41, 5.74) is 1.53. The van der Waals surface area contributed by atoms with Gasteiger partial charge in [0.2, 0.25) is 0 Å². The van der Waals surface area contributed by atoms with Gasteiger partial charge in [0.1, 0.15) is 5.82 Å². The van der Waals surface area contributed by atoms with Gasteiger partial charge in [-0.15, -0.1) is 0 Å². The van der Waals surface area contributed by atoms with E-state index in [0.717, 1.165) is 5.56 Å². The molecule has 4 heteroatoms. The Morgan fingerprint density at radius 2 is 1.76 bits per heavy atom. The average Bonchev–Trinajstić information content (AvgIpc) is 2.48. The van der Waals surface area contributed by atoms with Crippen molar-refractivity contribution in [3.8, 4) is 0 Å². The Labute approximate surface area is 124 Å². The molecule has 1 unspecified atom stereocenters. The zero-order chi connectivity index (χ0) is 15.2. The molecule has 3 nitrogen and oxygen atoms in total. The Kier molecular flexibility index (Phi) is 4.93. The number of amides is 2. The van der Waals surface area contributed by atoms with Gasteiger partial charge in [0, 0.05) is 19.2 Å². The number of urea groups is 1. The molecule has 21 heavy (non-hydrogen) atoms. The minimum atomic E-state index is -0.378. The van der Waals surface area contributed by atoms with E-state index in [1.54, 1.807) is 37.1 Å². The number of hydrogen-bond acceptors (Lipinski definition) is 1. The molecule has 1 N–H and O–H groups in total. The van der Waals surface area contributed by atoms with Crippen LogP contribution in [0.5, 0.6) is 0 Å². The van der Waals surface area contributed by atoms with Crippen molar-refractivity contribution >= 4 is 6.03 Å². The quantitative estimate of drug-likeness (QED) is 0.912. The molecule has 0 aromatic heterocycles. The highest BCUT2D eigenvalue weighted by Crippen LogP contribution is 2.16. The number of carbonyl (C=O) groups excluding carboxylic acids is 1. The minimum Gasteiger partial charge on any atom is -0.331 e. The largest absolute Gasteiger partial charge is 0.331 e. The summed E-state index contributed by atoms with van der Waals surface area (Å²) in [5.74, 6) is -0.309. The van der Waals surface area contributed by atoms with Gasteiger partial charge in [-0.3, -0.25) is 0 Å². The Morgan fingerprint density at radius 3 is 2.43 bits per heavy atom. The highest BCUT2D eigenvalue weighted by atomic mass is 19.1. The highest BCUT2D eigenvalue weighted by Gasteiger charge is 2.15. The van der Waals surface area contributed by atoms with Crippen LogP contribution < -0.4 is 5.32 Å². The number of halogens is 1. The smallest absolute Gasteiger partial charge is 0.317 e. The van der Waals surface area contributed by atoms with Crippen molar-refractivity contribution in [2.45, 2.75) is 19.5 Å². The Morgan fingerprint density at radius 1 is 1.14 bits per heavy atom. The number of rotatable bonds is 4. The van der Waals surface area contributed by atoms with Crippen molar-refractivity contribution in [3.63, 3.8) is 0 Å². The first-order valence-electron chi connectivity index (χ1n) is 6.88. The van der Waals surface area contributed by atoms with E-state index < -0.39 is 0 Å². The van der Waals surface area contributed by atoms with E-state index in [2.05, 4.69) is 5.32 Å². The maximum Gasteiger partial charge on any atom is 0.317 e. The summed E-state index contributed by atoms with van der Waals surface area (Å²) in [6, 6.07) is 15.6. The lowest BCUT2D eigenvalue weighted by atomic mass is 10.1. The summed E-state index contributed by atoms with van der Waals surface area (Å²) >= 11 is 0. The van der Waals surface area contributed by atoms with Crippen LogP contribution in [0.15, 0.2) is 54.6 Å². The molecule has 0 spiro atoms. The van der Waals surface area contributed by atoms with Crippen LogP contribution in [0, 0.1) is 5.82 Å². The molecule has 2 aromatic carbocycles. The SMILES string of the molecule is CC(NC(=O)N(C)Cc1ccccc1)c1ccccc1F. The Balaban J connectivity index is 1.96. The fourth-order valence-electron chi connectivity index (χ4n) is 2.13. The van der Waals surface area contributed by atoms with Crippen LogP contribution in [0.1, 0.15) is 24.1 Å². The maximum absolute atomic E-state index is 13.7. The highest BCUT2D eigenvalue weighted by molar-refractivity contribution is 5.74. The number of benzene rings is 2. The lowest BCUT2D eigenvalue weighted by Gasteiger charge is -2.22. The lowest BCUT2D eigenvalue weighted by molar-refractivity contribution is 0.203. The van der Waals surface area contributed by atoms with Crippen molar-refractivity contribution in [1.29, 1.82) is 0 Å². The summed E-state index contributed by atoms with van der Waals surface area (Å²) in [5, 5.41) is 2.80. The number of hydrogen-bond donors (Lipinski definition) is 1. The zero-order valence-electron chi connectivity index (χ0n) is 12.2. The summed E-state index contributed by atoms with van der Waals surface area (Å²) in [4.78, 5) is 13.7. The molecule has 2 aromatic rings. The Hall–Kier alpha value is -2.36. The number of nitrogens with zero attached hydrogens (tertiary/aromatic N) is 1. The molecule has 2 amide bonds. The molecular weight excluding hydrogens is 267 g/mol. The number of carbonyl (C=O) groups is 1. The van der Waals surface area contributed by atoms with Crippen LogP contribution in [0.2, 0.25) is 0 Å². The van der Waals surface area contributed by atoms with E-state index in [0.29, 0.717) is 12.1 Å². The standard InChI is InChI=1S/C17H19FN2O/c1-13(15-10-6-7-11-16(15)18)19-17(21)20(2)12-14-8-4-3-5-9-14/h3-11,13H,12H2,1-2H3,(H,19,21). The van der Waals surface area contributed by atoms with Crippen molar-refractivity contribution < 1.29 is 9.18 Å². The van der Waals surface area contributed by atoms with Gasteiger partial charge in [0.15, 0.2) is 0 Å². The van der Waals surface area contributed by atoms with Crippen LogP contribution in [0.3, 0.4) is 0 Å². The van der Waals surface area contributed by atoms with E-state index in [1.165, 1.54) is 6.07 Å². The van der Waals surface area contributed by atoms with Crippen molar-refractivity contribution in [3.05, 3.63) is 71.5 Å². The second kappa shape index (κ2) is 6.88. The third-order valence-electron chi connectivity index (χ3n) is 3.32. The molecule has 0 fully saturated rings. The third-order valence-corrected chi connectivity index (χ3v) is 3.32. The lowest BCUT2D eigenvalue weighted by Crippen LogP contribution is -2.38. The monoisotopic (exact) mass is 286 g/mol. The maximum atomic E-state index is 13.7. The molecule has 1 atom stereocenters. The van der Waals surface area contributed by atoms with Crippen molar-refractivity contribution in [2.75, 3.05) is 7.05 Å². The third kappa shape index (κ3) is 4.05. The molecule has 0 bridgehead atoms. The topological polar surface area (TPSA) is 32.3 Å². The predicted octanol–water partition coefficient (Wildman–Crippen LogP) is 3.73. The fraction of sp³-hybridized carbons (Fsp3) is 0.235. The molecule has 0 aliphatic carbocycles.